The van der Waals surface area contributed by atoms with Gasteiger partial charge in [-0.3, -0.25) is 10.1 Å². The standard InChI is InChI=1S/C12H17BrN2O3.ClH/c1-3-14(4-2)7-8-18-12-6-5-10(15(16)17)9-11(12)13;/h5-6,9H,3-4,7-8H2,1-2H3;1H. The van der Waals surface area contributed by atoms with Crippen molar-refractivity contribution in [3.63, 3.8) is 0 Å². The Hall–Kier alpha value is -0.850. The molecule has 0 aliphatic rings. The van der Waals surface area contributed by atoms with Crippen LogP contribution in [0.4, 0.5) is 5.69 Å². The van der Waals surface area contributed by atoms with Crippen LogP contribution in [0.25, 0.3) is 0 Å². The monoisotopic (exact) mass is 352 g/mol. The molecule has 7 heteroatoms. The topological polar surface area (TPSA) is 55.6 Å². The van der Waals surface area contributed by atoms with Gasteiger partial charge in [-0.05, 0) is 35.1 Å². The molecule has 0 N–H and O–H groups in total. The number of benzene rings is 1. The number of hydrogen-bond acceptors (Lipinski definition) is 4. The van der Waals surface area contributed by atoms with Crippen molar-refractivity contribution in [2.24, 2.45) is 0 Å². The molecule has 1 aromatic carbocycles. The molecule has 108 valence electrons. The minimum absolute atomic E-state index is 0. The zero-order valence-corrected chi connectivity index (χ0v) is 13.4. The van der Waals surface area contributed by atoms with Gasteiger partial charge in [0, 0.05) is 18.7 Å². The Bertz CT molecular complexity index is 414. The first-order valence-corrected chi connectivity index (χ1v) is 6.66. The molecule has 0 fully saturated rings. The van der Waals surface area contributed by atoms with Gasteiger partial charge in [-0.2, -0.15) is 0 Å². The predicted octanol–water partition coefficient (Wildman–Crippen LogP) is 3.50. The Morgan fingerprint density at radius 3 is 2.47 bits per heavy atom. The minimum atomic E-state index is -0.426. The Kier molecular flexibility index (Phi) is 8.71. The molecule has 0 saturated heterocycles. The summed E-state index contributed by atoms with van der Waals surface area (Å²) in [4.78, 5) is 12.4. The van der Waals surface area contributed by atoms with Crippen molar-refractivity contribution in [2.45, 2.75) is 13.8 Å². The fraction of sp³-hybridized carbons (Fsp3) is 0.500. The number of likely N-dealkylation sites (N-methyl/N-ethyl adjacent to an activating group) is 1. The summed E-state index contributed by atoms with van der Waals surface area (Å²) in [6.45, 7) is 7.59. The van der Waals surface area contributed by atoms with E-state index in [2.05, 4.69) is 34.7 Å². The summed E-state index contributed by atoms with van der Waals surface area (Å²) in [5, 5.41) is 10.6. The van der Waals surface area contributed by atoms with Gasteiger partial charge in [-0.15, -0.1) is 12.4 Å². The molecule has 0 amide bonds. The lowest BCUT2D eigenvalue weighted by Gasteiger charge is -2.18. The van der Waals surface area contributed by atoms with E-state index in [1.54, 1.807) is 6.07 Å². The Morgan fingerprint density at radius 1 is 1.37 bits per heavy atom. The Morgan fingerprint density at radius 2 is 2.00 bits per heavy atom. The van der Waals surface area contributed by atoms with Gasteiger partial charge in [0.1, 0.15) is 12.4 Å². The zero-order valence-electron chi connectivity index (χ0n) is 11.0. The zero-order chi connectivity index (χ0) is 13.5. The van der Waals surface area contributed by atoms with Crippen LogP contribution in [0.5, 0.6) is 5.75 Å². The lowest BCUT2D eigenvalue weighted by Crippen LogP contribution is -2.27. The molecule has 1 rings (SSSR count). The molecule has 0 saturated carbocycles. The lowest BCUT2D eigenvalue weighted by molar-refractivity contribution is -0.385. The van der Waals surface area contributed by atoms with Crippen LogP contribution in [0.15, 0.2) is 22.7 Å². The number of nitro benzene ring substituents is 1. The van der Waals surface area contributed by atoms with E-state index in [1.807, 2.05) is 0 Å². The molecule has 5 nitrogen and oxygen atoms in total. The molecule has 19 heavy (non-hydrogen) atoms. The van der Waals surface area contributed by atoms with Gasteiger partial charge in [-0.25, -0.2) is 0 Å². The smallest absolute Gasteiger partial charge is 0.270 e. The lowest BCUT2D eigenvalue weighted by atomic mass is 10.3. The average molecular weight is 354 g/mol. The molecular weight excluding hydrogens is 335 g/mol. The molecule has 0 radical (unpaired) electrons. The van der Waals surface area contributed by atoms with Crippen LogP contribution >= 0.6 is 28.3 Å². The van der Waals surface area contributed by atoms with Gasteiger partial charge in [0.05, 0.1) is 9.40 Å². The highest BCUT2D eigenvalue weighted by Gasteiger charge is 2.10. The van der Waals surface area contributed by atoms with Crippen molar-refractivity contribution < 1.29 is 9.66 Å². The SMILES string of the molecule is CCN(CC)CCOc1ccc([N+](=O)[O-])cc1Br.Cl. The molecule has 0 aliphatic carbocycles. The normalized spacial score (nSPS) is 10.1. The summed E-state index contributed by atoms with van der Waals surface area (Å²) >= 11 is 3.27. The highest BCUT2D eigenvalue weighted by molar-refractivity contribution is 9.10. The van der Waals surface area contributed by atoms with E-state index in [0.717, 1.165) is 19.6 Å². The van der Waals surface area contributed by atoms with Crippen LogP contribution in [0, 0.1) is 10.1 Å². The van der Waals surface area contributed by atoms with Crippen LogP contribution in [0.2, 0.25) is 0 Å². The van der Waals surface area contributed by atoms with Crippen LogP contribution in [0.1, 0.15) is 13.8 Å². The van der Waals surface area contributed by atoms with Crippen molar-refractivity contribution in [3.05, 3.63) is 32.8 Å². The molecular formula is C12H18BrClN2O3. The fourth-order valence-corrected chi connectivity index (χ4v) is 2.03. The second-order valence-corrected chi connectivity index (χ2v) is 4.60. The third kappa shape index (κ3) is 5.76. The van der Waals surface area contributed by atoms with Crippen molar-refractivity contribution >= 4 is 34.0 Å². The number of ether oxygens (including phenoxy) is 1. The Balaban J connectivity index is 0.00000324. The van der Waals surface area contributed by atoms with Crippen molar-refractivity contribution in [2.75, 3.05) is 26.2 Å². The molecule has 0 bridgehead atoms. The van der Waals surface area contributed by atoms with Gasteiger partial charge in [0.25, 0.3) is 5.69 Å². The van der Waals surface area contributed by atoms with Crippen LogP contribution in [0.3, 0.4) is 0 Å². The summed E-state index contributed by atoms with van der Waals surface area (Å²) in [5.74, 6) is 0.632. The number of halogens is 2. The summed E-state index contributed by atoms with van der Waals surface area (Å²) in [6.07, 6.45) is 0. The number of rotatable bonds is 7. The summed E-state index contributed by atoms with van der Waals surface area (Å²) in [6, 6.07) is 4.51. The maximum absolute atomic E-state index is 10.6. The first-order valence-electron chi connectivity index (χ1n) is 5.87. The molecule has 0 unspecified atom stereocenters. The second kappa shape index (κ2) is 9.12. The van der Waals surface area contributed by atoms with Crippen LogP contribution in [-0.2, 0) is 0 Å². The molecule has 0 aromatic heterocycles. The Labute approximate surface area is 127 Å². The van der Waals surface area contributed by atoms with Gasteiger partial charge >= 0.3 is 0 Å². The largest absolute Gasteiger partial charge is 0.491 e. The maximum atomic E-state index is 10.6. The van der Waals surface area contributed by atoms with E-state index in [4.69, 9.17) is 4.74 Å². The van der Waals surface area contributed by atoms with Crippen LogP contribution < -0.4 is 4.74 Å². The van der Waals surface area contributed by atoms with Crippen molar-refractivity contribution in [3.8, 4) is 5.75 Å². The predicted molar refractivity (Wildman–Crippen MR) is 81.3 cm³/mol. The van der Waals surface area contributed by atoms with Crippen molar-refractivity contribution in [1.82, 2.24) is 4.90 Å². The molecule has 0 aliphatic heterocycles. The second-order valence-electron chi connectivity index (χ2n) is 3.75. The van der Waals surface area contributed by atoms with E-state index in [0.29, 0.717) is 16.8 Å². The number of nitrogens with zero attached hydrogens (tertiary/aromatic N) is 2. The van der Waals surface area contributed by atoms with E-state index in [1.165, 1.54) is 12.1 Å². The average Bonchev–Trinajstić information content (AvgIpc) is 2.36. The number of hydrogen-bond donors (Lipinski definition) is 0. The summed E-state index contributed by atoms with van der Waals surface area (Å²) in [7, 11) is 0. The van der Waals surface area contributed by atoms with E-state index in [-0.39, 0.29) is 18.1 Å². The van der Waals surface area contributed by atoms with Gasteiger partial charge in [0.15, 0.2) is 0 Å². The van der Waals surface area contributed by atoms with Crippen LogP contribution in [-0.4, -0.2) is 36.1 Å². The first-order chi connectivity index (χ1) is 8.58. The number of nitro groups is 1. The fourth-order valence-electron chi connectivity index (χ4n) is 1.54. The quantitative estimate of drug-likeness (QED) is 0.556. The summed E-state index contributed by atoms with van der Waals surface area (Å²) < 4.78 is 6.20. The highest BCUT2D eigenvalue weighted by atomic mass is 79.9. The molecule has 1 aromatic rings. The minimum Gasteiger partial charge on any atom is -0.491 e. The third-order valence-electron chi connectivity index (χ3n) is 2.69. The summed E-state index contributed by atoms with van der Waals surface area (Å²) in [5.41, 5.74) is 0.0537. The first kappa shape index (κ1) is 18.1. The van der Waals surface area contributed by atoms with E-state index >= 15 is 0 Å². The highest BCUT2D eigenvalue weighted by Crippen LogP contribution is 2.28. The van der Waals surface area contributed by atoms with E-state index in [9.17, 15) is 10.1 Å². The third-order valence-corrected chi connectivity index (χ3v) is 3.31. The molecule has 0 atom stereocenters. The van der Waals surface area contributed by atoms with Gasteiger partial charge in [-0.1, -0.05) is 13.8 Å². The van der Waals surface area contributed by atoms with Crippen molar-refractivity contribution in [1.29, 1.82) is 0 Å². The number of non-ortho nitro benzene ring substituents is 1. The maximum Gasteiger partial charge on any atom is 0.270 e. The van der Waals surface area contributed by atoms with Gasteiger partial charge < -0.3 is 9.64 Å². The molecule has 0 heterocycles. The van der Waals surface area contributed by atoms with E-state index < -0.39 is 4.92 Å². The molecule has 0 spiro atoms. The van der Waals surface area contributed by atoms with Gasteiger partial charge in [0.2, 0.25) is 0 Å².